The van der Waals surface area contributed by atoms with Crippen LogP contribution in [0.1, 0.15) is 5.56 Å². The molecule has 0 radical (unpaired) electrons. The second kappa shape index (κ2) is 7.59. The summed E-state index contributed by atoms with van der Waals surface area (Å²) < 4.78 is 49.8. The van der Waals surface area contributed by atoms with Crippen molar-refractivity contribution in [3.05, 3.63) is 64.6 Å². The molecule has 1 amide bonds. The molecule has 0 unspecified atom stereocenters. The van der Waals surface area contributed by atoms with Gasteiger partial charge in [-0.1, -0.05) is 0 Å². The normalized spacial score (nSPS) is 11.3. The van der Waals surface area contributed by atoms with Crippen LogP contribution in [0.5, 0.6) is 5.75 Å². The summed E-state index contributed by atoms with van der Waals surface area (Å²) >= 11 is 0. The van der Waals surface area contributed by atoms with E-state index in [1.54, 1.807) is 12.1 Å². The summed E-state index contributed by atoms with van der Waals surface area (Å²) in [6.45, 7) is -0.507. The number of nitrogens with zero attached hydrogens (tertiary/aromatic N) is 2. The number of hydrogen-bond donors (Lipinski definition) is 1. The summed E-state index contributed by atoms with van der Waals surface area (Å²) in [5.74, 6) is -0.302. The molecule has 0 bridgehead atoms. The highest BCUT2D eigenvalue weighted by atomic mass is 19.4. The molecule has 10 heteroatoms. The van der Waals surface area contributed by atoms with Gasteiger partial charge in [0.05, 0.1) is 24.6 Å². The van der Waals surface area contributed by atoms with Crippen molar-refractivity contribution in [2.75, 3.05) is 12.4 Å². The zero-order valence-electron chi connectivity index (χ0n) is 14.5. The predicted molar refractivity (Wildman–Crippen MR) is 92.8 cm³/mol. The maximum absolute atomic E-state index is 12.9. The minimum Gasteiger partial charge on any atom is -0.495 e. The Morgan fingerprint density at radius 2 is 2.04 bits per heavy atom. The second-order valence-electron chi connectivity index (χ2n) is 5.65. The van der Waals surface area contributed by atoms with Crippen molar-refractivity contribution in [1.82, 2.24) is 9.78 Å². The first-order valence-corrected chi connectivity index (χ1v) is 7.95. The molecule has 0 aliphatic rings. The van der Waals surface area contributed by atoms with Gasteiger partial charge in [-0.05, 0) is 36.4 Å². The third-order valence-electron chi connectivity index (χ3n) is 3.73. The molecule has 0 aliphatic heterocycles. The summed E-state index contributed by atoms with van der Waals surface area (Å²) in [5, 5.41) is 6.35. The van der Waals surface area contributed by atoms with Crippen LogP contribution in [0.15, 0.2) is 57.9 Å². The molecule has 3 rings (SSSR count). The maximum Gasteiger partial charge on any atom is 0.416 e. The molecule has 0 saturated heterocycles. The van der Waals surface area contributed by atoms with Crippen LogP contribution in [0.4, 0.5) is 18.9 Å². The summed E-state index contributed by atoms with van der Waals surface area (Å²) in [5.41, 5.74) is -1.34. The molecule has 146 valence electrons. The average Bonchev–Trinajstić information content (AvgIpc) is 3.17. The number of anilines is 1. The van der Waals surface area contributed by atoms with E-state index in [0.29, 0.717) is 11.5 Å². The molecule has 7 nitrogen and oxygen atoms in total. The molecule has 2 heterocycles. The van der Waals surface area contributed by atoms with Crippen molar-refractivity contribution in [2.45, 2.75) is 12.7 Å². The minimum atomic E-state index is -4.58. The van der Waals surface area contributed by atoms with Gasteiger partial charge in [-0.3, -0.25) is 9.59 Å². The molecule has 0 saturated carbocycles. The first kappa shape index (κ1) is 19.2. The maximum atomic E-state index is 12.9. The largest absolute Gasteiger partial charge is 0.495 e. The highest BCUT2D eigenvalue weighted by Crippen LogP contribution is 2.34. The molecule has 28 heavy (non-hydrogen) atoms. The van der Waals surface area contributed by atoms with Gasteiger partial charge in [0.25, 0.3) is 5.56 Å². The highest BCUT2D eigenvalue weighted by Gasteiger charge is 2.31. The number of carbonyl (C=O) groups excluding carboxylic acids is 1. The van der Waals surface area contributed by atoms with Crippen LogP contribution in [-0.4, -0.2) is 22.8 Å². The number of rotatable bonds is 5. The molecule has 1 aromatic carbocycles. The van der Waals surface area contributed by atoms with E-state index < -0.39 is 29.8 Å². The molecule has 0 fully saturated rings. The van der Waals surface area contributed by atoms with E-state index in [1.807, 2.05) is 0 Å². The van der Waals surface area contributed by atoms with Crippen LogP contribution in [0.2, 0.25) is 0 Å². The van der Waals surface area contributed by atoms with Crippen LogP contribution in [0.3, 0.4) is 0 Å². The number of amides is 1. The third-order valence-corrected chi connectivity index (χ3v) is 3.73. The molecule has 0 aliphatic carbocycles. The minimum absolute atomic E-state index is 0.0472. The topological polar surface area (TPSA) is 86.4 Å². The number of halogens is 3. The Balaban J connectivity index is 1.83. The fraction of sp³-hybridized carbons (Fsp3) is 0.167. The van der Waals surface area contributed by atoms with Gasteiger partial charge >= 0.3 is 6.18 Å². The zero-order valence-corrected chi connectivity index (χ0v) is 14.5. The molecular formula is C18H14F3N3O4. The first-order valence-electron chi connectivity index (χ1n) is 7.95. The summed E-state index contributed by atoms with van der Waals surface area (Å²) in [4.78, 5) is 24.2. The number of benzene rings is 1. The van der Waals surface area contributed by atoms with Crippen molar-refractivity contribution in [2.24, 2.45) is 0 Å². The van der Waals surface area contributed by atoms with E-state index in [1.165, 1.54) is 25.5 Å². The second-order valence-corrected chi connectivity index (χ2v) is 5.65. The average molecular weight is 393 g/mol. The fourth-order valence-corrected chi connectivity index (χ4v) is 2.43. The van der Waals surface area contributed by atoms with Crippen LogP contribution in [0, 0.1) is 0 Å². The summed E-state index contributed by atoms with van der Waals surface area (Å²) in [6.07, 6.45) is -3.15. The number of ether oxygens (including phenoxy) is 1. The molecule has 2 aromatic heterocycles. The van der Waals surface area contributed by atoms with Gasteiger partial charge in [0.2, 0.25) is 5.91 Å². The Morgan fingerprint density at radius 3 is 2.68 bits per heavy atom. The molecule has 1 N–H and O–H groups in total. The van der Waals surface area contributed by atoms with Gasteiger partial charge < -0.3 is 14.5 Å². The lowest BCUT2D eigenvalue weighted by molar-refractivity contribution is -0.137. The molecule has 3 aromatic rings. The first-order chi connectivity index (χ1) is 13.3. The van der Waals surface area contributed by atoms with Crippen molar-refractivity contribution < 1.29 is 27.1 Å². The summed E-state index contributed by atoms with van der Waals surface area (Å²) in [6, 6.07) is 8.61. The van der Waals surface area contributed by atoms with Gasteiger partial charge in [0.1, 0.15) is 18.0 Å². The number of nitrogens with one attached hydrogen (secondary N) is 1. The monoisotopic (exact) mass is 393 g/mol. The Bertz CT molecular complexity index is 1040. The fourth-order valence-electron chi connectivity index (χ4n) is 2.43. The van der Waals surface area contributed by atoms with Crippen molar-refractivity contribution in [3.8, 4) is 17.2 Å². The van der Waals surface area contributed by atoms with Crippen molar-refractivity contribution in [3.63, 3.8) is 0 Å². The van der Waals surface area contributed by atoms with E-state index in [9.17, 15) is 22.8 Å². The number of alkyl halides is 3. The Morgan fingerprint density at radius 1 is 1.25 bits per heavy atom. The molecular weight excluding hydrogens is 379 g/mol. The van der Waals surface area contributed by atoms with E-state index in [2.05, 4.69) is 10.4 Å². The Hall–Kier alpha value is -3.56. The van der Waals surface area contributed by atoms with E-state index in [4.69, 9.17) is 9.15 Å². The highest BCUT2D eigenvalue weighted by molar-refractivity contribution is 5.92. The van der Waals surface area contributed by atoms with Gasteiger partial charge in [-0.2, -0.15) is 18.3 Å². The van der Waals surface area contributed by atoms with Crippen LogP contribution < -0.4 is 15.6 Å². The lowest BCUT2D eigenvalue weighted by Gasteiger charge is -2.14. The Labute approximate surface area is 156 Å². The van der Waals surface area contributed by atoms with Crippen molar-refractivity contribution in [1.29, 1.82) is 0 Å². The van der Waals surface area contributed by atoms with Gasteiger partial charge in [-0.15, -0.1) is 0 Å². The number of furan rings is 1. The quantitative estimate of drug-likeness (QED) is 0.720. The number of methoxy groups -OCH3 is 1. The van der Waals surface area contributed by atoms with Gasteiger partial charge in [0, 0.05) is 6.07 Å². The van der Waals surface area contributed by atoms with E-state index in [-0.39, 0.29) is 11.4 Å². The van der Waals surface area contributed by atoms with Gasteiger partial charge in [-0.25, -0.2) is 4.68 Å². The SMILES string of the molecule is COc1ccc(C(F)(F)F)cc1NC(=O)Cn1nc(-c2ccco2)ccc1=O. The lowest BCUT2D eigenvalue weighted by atomic mass is 10.1. The standard InChI is InChI=1S/C18H14F3N3O4/c1-27-14-6-4-11(18(19,20)21)9-13(14)22-16(25)10-24-17(26)7-5-12(23-24)15-3-2-8-28-15/h2-9H,10H2,1H3,(H,22,25). The lowest BCUT2D eigenvalue weighted by Crippen LogP contribution is -2.29. The van der Waals surface area contributed by atoms with E-state index >= 15 is 0 Å². The zero-order chi connectivity index (χ0) is 20.3. The Kier molecular flexibility index (Phi) is 5.21. The number of aromatic nitrogens is 2. The number of carbonyl (C=O) groups is 1. The third kappa shape index (κ3) is 4.22. The predicted octanol–water partition coefficient (Wildman–Crippen LogP) is 3.17. The van der Waals surface area contributed by atoms with Crippen molar-refractivity contribution >= 4 is 11.6 Å². The van der Waals surface area contributed by atoms with E-state index in [0.717, 1.165) is 22.9 Å². The van der Waals surface area contributed by atoms with Crippen LogP contribution in [-0.2, 0) is 17.5 Å². The summed E-state index contributed by atoms with van der Waals surface area (Å²) in [7, 11) is 1.26. The smallest absolute Gasteiger partial charge is 0.416 e. The van der Waals surface area contributed by atoms with Crippen LogP contribution >= 0.6 is 0 Å². The molecule has 0 atom stereocenters. The van der Waals surface area contributed by atoms with Gasteiger partial charge in [0.15, 0.2) is 5.76 Å². The van der Waals surface area contributed by atoms with Crippen LogP contribution in [0.25, 0.3) is 11.5 Å². The number of hydrogen-bond acceptors (Lipinski definition) is 5. The molecule has 0 spiro atoms.